The van der Waals surface area contributed by atoms with Crippen LogP contribution in [-0.4, -0.2) is 42.6 Å². The van der Waals surface area contributed by atoms with E-state index in [0.717, 1.165) is 5.19 Å². The van der Waals surface area contributed by atoms with E-state index in [1.807, 2.05) is 31.2 Å². The summed E-state index contributed by atoms with van der Waals surface area (Å²) in [6.07, 6.45) is 0. The van der Waals surface area contributed by atoms with E-state index < -0.39 is 8.80 Å². The van der Waals surface area contributed by atoms with Gasteiger partial charge < -0.3 is 23.8 Å². The zero-order chi connectivity index (χ0) is 14.3. The third kappa shape index (κ3) is 3.32. The van der Waals surface area contributed by atoms with Gasteiger partial charge in [0, 0.05) is 32.1 Å². The number of hydrogen-bond donors (Lipinski definition) is 1. The minimum Gasteiger partial charge on any atom is -0.394 e. The highest BCUT2D eigenvalue weighted by atomic mass is 28.4. The zero-order valence-corrected chi connectivity index (χ0v) is 12.7. The first-order chi connectivity index (χ1) is 9.15. The second kappa shape index (κ2) is 7.24. The van der Waals surface area contributed by atoms with Crippen molar-refractivity contribution < 1.29 is 18.1 Å². The van der Waals surface area contributed by atoms with Gasteiger partial charge in [-0.2, -0.15) is 0 Å². The van der Waals surface area contributed by atoms with Crippen molar-refractivity contribution in [1.29, 1.82) is 0 Å². The SMILES string of the molecule is CCON=C(N)c1ccccc1[Si](OC)(OC)OC. The van der Waals surface area contributed by atoms with Crippen LogP contribution in [0.2, 0.25) is 0 Å². The summed E-state index contributed by atoms with van der Waals surface area (Å²) in [6.45, 7) is 2.28. The Morgan fingerprint density at radius 2 is 1.74 bits per heavy atom. The molecule has 0 atom stereocenters. The molecule has 0 aliphatic rings. The van der Waals surface area contributed by atoms with Gasteiger partial charge in [-0.15, -0.1) is 0 Å². The van der Waals surface area contributed by atoms with Crippen LogP contribution in [0.4, 0.5) is 0 Å². The molecular weight excluding hydrogens is 264 g/mol. The molecular formula is C12H20N2O4Si. The molecule has 106 valence electrons. The summed E-state index contributed by atoms with van der Waals surface area (Å²) < 4.78 is 16.4. The van der Waals surface area contributed by atoms with Crippen LogP contribution in [0, 0.1) is 0 Å². The highest BCUT2D eigenvalue weighted by molar-refractivity contribution is 6.76. The molecule has 0 heterocycles. The summed E-state index contributed by atoms with van der Waals surface area (Å²) in [5, 5.41) is 4.59. The van der Waals surface area contributed by atoms with Gasteiger partial charge in [-0.1, -0.05) is 29.4 Å². The first-order valence-corrected chi connectivity index (χ1v) is 7.58. The molecule has 6 nitrogen and oxygen atoms in total. The summed E-state index contributed by atoms with van der Waals surface area (Å²) in [5.41, 5.74) is 6.61. The van der Waals surface area contributed by atoms with Crippen LogP contribution < -0.4 is 10.9 Å². The maximum absolute atomic E-state index is 5.92. The lowest BCUT2D eigenvalue weighted by molar-refractivity contribution is 0.140. The Labute approximate surface area is 114 Å². The molecule has 1 aromatic rings. The van der Waals surface area contributed by atoms with Gasteiger partial charge >= 0.3 is 8.80 Å². The summed E-state index contributed by atoms with van der Waals surface area (Å²) in [6, 6.07) is 7.40. The van der Waals surface area contributed by atoms with Crippen molar-refractivity contribution in [3.05, 3.63) is 29.8 Å². The van der Waals surface area contributed by atoms with Gasteiger partial charge in [0.1, 0.15) is 6.61 Å². The Bertz CT molecular complexity index is 427. The van der Waals surface area contributed by atoms with Crippen LogP contribution >= 0.6 is 0 Å². The molecule has 0 aromatic heterocycles. The Kier molecular flexibility index (Phi) is 5.96. The van der Waals surface area contributed by atoms with E-state index in [4.69, 9.17) is 23.8 Å². The monoisotopic (exact) mass is 284 g/mol. The lowest BCUT2D eigenvalue weighted by Gasteiger charge is -2.26. The van der Waals surface area contributed by atoms with Gasteiger partial charge in [0.05, 0.1) is 0 Å². The smallest absolute Gasteiger partial charge is 0.394 e. The van der Waals surface area contributed by atoms with Gasteiger partial charge in [-0.05, 0) is 6.92 Å². The molecule has 7 heteroatoms. The molecule has 0 bridgehead atoms. The molecule has 1 aromatic carbocycles. The third-order valence-corrected chi connectivity index (χ3v) is 5.34. The average molecular weight is 284 g/mol. The Hall–Kier alpha value is -1.41. The largest absolute Gasteiger partial charge is 0.537 e. The highest BCUT2D eigenvalue weighted by Gasteiger charge is 2.43. The van der Waals surface area contributed by atoms with Crippen LogP contribution in [0.3, 0.4) is 0 Å². The topological polar surface area (TPSA) is 75.3 Å². The number of nitrogens with zero attached hydrogens (tertiary/aromatic N) is 1. The fourth-order valence-electron chi connectivity index (χ4n) is 1.74. The van der Waals surface area contributed by atoms with E-state index in [1.54, 1.807) is 21.3 Å². The lowest BCUT2D eigenvalue weighted by Crippen LogP contribution is -2.56. The maximum atomic E-state index is 5.92. The Morgan fingerprint density at radius 1 is 1.16 bits per heavy atom. The molecule has 2 N–H and O–H groups in total. The Morgan fingerprint density at radius 3 is 2.26 bits per heavy atom. The molecule has 0 radical (unpaired) electrons. The fraction of sp³-hybridized carbons (Fsp3) is 0.417. The minimum absolute atomic E-state index is 0.264. The standard InChI is InChI=1S/C12H20N2O4Si/c1-5-18-14-12(13)10-8-6-7-9-11(10)19(15-2,16-3)17-4/h6-9H,5H2,1-4H3,(H2,13,14). The summed E-state index contributed by atoms with van der Waals surface area (Å²) in [4.78, 5) is 4.97. The maximum Gasteiger partial charge on any atom is 0.537 e. The molecule has 0 aliphatic carbocycles. The highest BCUT2D eigenvalue weighted by Crippen LogP contribution is 2.10. The van der Waals surface area contributed by atoms with Gasteiger partial charge in [0.15, 0.2) is 5.84 Å². The van der Waals surface area contributed by atoms with Gasteiger partial charge in [-0.3, -0.25) is 0 Å². The van der Waals surface area contributed by atoms with Gasteiger partial charge in [0.25, 0.3) is 0 Å². The van der Waals surface area contributed by atoms with E-state index in [9.17, 15) is 0 Å². The molecule has 0 saturated carbocycles. The lowest BCUT2D eigenvalue weighted by atomic mass is 10.2. The van der Waals surface area contributed by atoms with Crippen molar-refractivity contribution in [3.8, 4) is 0 Å². The average Bonchev–Trinajstić information content (AvgIpc) is 2.47. The molecule has 0 spiro atoms. The van der Waals surface area contributed by atoms with Crippen molar-refractivity contribution in [3.63, 3.8) is 0 Å². The second-order valence-corrected chi connectivity index (χ2v) is 6.48. The molecule has 0 unspecified atom stereocenters. The van der Waals surface area contributed by atoms with Crippen LogP contribution in [0.1, 0.15) is 12.5 Å². The van der Waals surface area contributed by atoms with E-state index in [-0.39, 0.29) is 5.84 Å². The Balaban J connectivity index is 3.29. The first kappa shape index (κ1) is 15.6. The molecule has 0 fully saturated rings. The van der Waals surface area contributed by atoms with Gasteiger partial charge in [0.2, 0.25) is 0 Å². The van der Waals surface area contributed by atoms with Crippen LogP contribution in [0.5, 0.6) is 0 Å². The van der Waals surface area contributed by atoms with Crippen molar-refractivity contribution >= 4 is 19.8 Å². The summed E-state index contributed by atoms with van der Waals surface area (Å²) in [5.74, 6) is 0.264. The fourth-order valence-corrected chi connectivity index (χ4v) is 3.74. The molecule has 19 heavy (non-hydrogen) atoms. The summed E-state index contributed by atoms with van der Waals surface area (Å²) in [7, 11) is 1.69. The quantitative estimate of drug-likeness (QED) is 0.340. The normalized spacial score (nSPS) is 12.5. The van der Waals surface area contributed by atoms with Crippen LogP contribution in [-0.2, 0) is 18.1 Å². The number of hydrogen-bond acceptors (Lipinski definition) is 5. The van der Waals surface area contributed by atoms with E-state index in [1.165, 1.54) is 0 Å². The van der Waals surface area contributed by atoms with Crippen molar-refractivity contribution in [1.82, 2.24) is 0 Å². The molecule has 0 aliphatic heterocycles. The second-order valence-electron chi connectivity index (χ2n) is 3.61. The predicted octanol–water partition coefficient (Wildman–Crippen LogP) is 0.429. The van der Waals surface area contributed by atoms with Crippen molar-refractivity contribution in [2.75, 3.05) is 27.9 Å². The number of oxime groups is 1. The van der Waals surface area contributed by atoms with Crippen molar-refractivity contribution in [2.24, 2.45) is 10.9 Å². The number of benzene rings is 1. The predicted molar refractivity (Wildman–Crippen MR) is 75.2 cm³/mol. The minimum atomic E-state index is -2.96. The first-order valence-electron chi connectivity index (χ1n) is 5.86. The van der Waals surface area contributed by atoms with Crippen LogP contribution in [0.25, 0.3) is 0 Å². The number of nitrogens with two attached hydrogens (primary N) is 1. The van der Waals surface area contributed by atoms with E-state index in [2.05, 4.69) is 5.16 Å². The third-order valence-electron chi connectivity index (χ3n) is 2.63. The van der Waals surface area contributed by atoms with Crippen molar-refractivity contribution in [2.45, 2.75) is 6.92 Å². The molecule has 1 rings (SSSR count). The number of rotatable bonds is 7. The van der Waals surface area contributed by atoms with Crippen LogP contribution in [0.15, 0.2) is 29.4 Å². The van der Waals surface area contributed by atoms with E-state index in [0.29, 0.717) is 12.2 Å². The number of amidine groups is 1. The zero-order valence-electron chi connectivity index (χ0n) is 11.7. The summed E-state index contributed by atoms with van der Waals surface area (Å²) >= 11 is 0. The molecule has 0 amide bonds. The van der Waals surface area contributed by atoms with Gasteiger partial charge in [-0.25, -0.2) is 0 Å². The van der Waals surface area contributed by atoms with E-state index >= 15 is 0 Å². The molecule has 0 saturated heterocycles.